The van der Waals surface area contributed by atoms with Crippen molar-refractivity contribution < 1.29 is 4.79 Å². The minimum Gasteiger partial charge on any atom is -0.359 e. The predicted molar refractivity (Wildman–Crippen MR) is 91.1 cm³/mol. The van der Waals surface area contributed by atoms with Gasteiger partial charge in [-0.3, -0.25) is 9.69 Å². The first-order valence-corrected chi connectivity index (χ1v) is 7.91. The summed E-state index contributed by atoms with van der Waals surface area (Å²) in [5, 5.41) is 18.6. The zero-order valence-corrected chi connectivity index (χ0v) is 13.6. The first-order chi connectivity index (χ1) is 11.2. The van der Waals surface area contributed by atoms with Crippen molar-refractivity contribution in [1.82, 2.24) is 15.5 Å². The predicted octanol–water partition coefficient (Wildman–Crippen LogP) is 1.18. The molecule has 1 amide bonds. The molecule has 2 rings (SSSR count). The molecule has 0 unspecified atom stereocenters. The minimum absolute atomic E-state index is 0.0187. The van der Waals surface area contributed by atoms with Crippen molar-refractivity contribution in [3.63, 3.8) is 0 Å². The van der Waals surface area contributed by atoms with Crippen molar-refractivity contribution in [1.29, 1.82) is 5.26 Å². The van der Waals surface area contributed by atoms with E-state index in [1.54, 1.807) is 12.1 Å². The smallest absolute Gasteiger partial charge is 0.263 e. The number of para-hydroxylation sites is 1. The van der Waals surface area contributed by atoms with Gasteiger partial charge in [-0.2, -0.15) is 5.26 Å². The number of halogens is 1. The summed E-state index contributed by atoms with van der Waals surface area (Å²) < 4.78 is 0. The van der Waals surface area contributed by atoms with Crippen LogP contribution in [-0.4, -0.2) is 50.1 Å². The van der Waals surface area contributed by atoms with E-state index in [0.717, 1.165) is 32.7 Å². The Morgan fingerprint density at radius 2 is 2.13 bits per heavy atom. The summed E-state index contributed by atoms with van der Waals surface area (Å²) in [5.41, 5.74) is 0.667. The van der Waals surface area contributed by atoms with Gasteiger partial charge in [-0.05, 0) is 12.1 Å². The number of benzene rings is 1. The maximum Gasteiger partial charge on any atom is 0.263 e. The second-order valence-corrected chi connectivity index (χ2v) is 5.55. The van der Waals surface area contributed by atoms with Gasteiger partial charge in [-0.15, -0.1) is 0 Å². The number of carbonyl (C=O) groups is 1. The molecule has 1 aromatic rings. The summed E-state index contributed by atoms with van der Waals surface area (Å²) >= 11 is 6.01. The summed E-state index contributed by atoms with van der Waals surface area (Å²) in [6, 6.07) is 9.04. The monoisotopic (exact) mass is 333 g/mol. The van der Waals surface area contributed by atoms with Crippen LogP contribution in [0.3, 0.4) is 0 Å². The topological polar surface area (TPSA) is 80.2 Å². The Balaban J connectivity index is 1.82. The summed E-state index contributed by atoms with van der Waals surface area (Å²) in [5.74, 6) is -0.387. The summed E-state index contributed by atoms with van der Waals surface area (Å²) in [4.78, 5) is 14.3. The molecule has 0 bridgehead atoms. The molecule has 3 N–H and O–H groups in total. The Kier molecular flexibility index (Phi) is 6.88. The number of nitrogens with one attached hydrogen (secondary N) is 3. The van der Waals surface area contributed by atoms with E-state index in [1.807, 2.05) is 18.2 Å². The number of anilines is 1. The highest BCUT2D eigenvalue weighted by Crippen LogP contribution is 2.20. The number of nitriles is 1. The maximum absolute atomic E-state index is 12.0. The average molecular weight is 334 g/mol. The number of hydrogen-bond donors (Lipinski definition) is 3. The van der Waals surface area contributed by atoms with E-state index in [0.29, 0.717) is 17.3 Å². The SMILES string of the molecule is N#C/C(=C/Nc1ccccc1Cl)C(=O)NCCN1CCNCC1. The van der Waals surface area contributed by atoms with Crippen LogP contribution >= 0.6 is 11.6 Å². The van der Waals surface area contributed by atoms with Gasteiger partial charge in [0.2, 0.25) is 0 Å². The van der Waals surface area contributed by atoms with Crippen molar-refractivity contribution in [3.8, 4) is 6.07 Å². The first-order valence-electron chi connectivity index (χ1n) is 7.53. The Labute approximate surface area is 141 Å². The largest absolute Gasteiger partial charge is 0.359 e. The van der Waals surface area contributed by atoms with Crippen LogP contribution in [0.15, 0.2) is 36.0 Å². The molecular formula is C16H20ClN5O. The molecule has 1 heterocycles. The fourth-order valence-electron chi connectivity index (χ4n) is 2.23. The van der Waals surface area contributed by atoms with E-state index in [4.69, 9.17) is 16.9 Å². The third-order valence-corrected chi connectivity index (χ3v) is 3.86. The number of rotatable bonds is 6. The van der Waals surface area contributed by atoms with Gasteiger partial charge in [0.15, 0.2) is 0 Å². The highest BCUT2D eigenvalue weighted by atomic mass is 35.5. The third-order valence-electron chi connectivity index (χ3n) is 3.53. The quantitative estimate of drug-likeness (QED) is 0.538. The van der Waals surface area contributed by atoms with Crippen LogP contribution in [0.2, 0.25) is 5.02 Å². The van der Waals surface area contributed by atoms with Crippen LogP contribution in [0.5, 0.6) is 0 Å². The normalized spacial score (nSPS) is 15.7. The zero-order chi connectivity index (χ0) is 16.5. The van der Waals surface area contributed by atoms with Crippen LogP contribution in [0.25, 0.3) is 0 Å². The molecule has 1 aliphatic rings. The van der Waals surface area contributed by atoms with Gasteiger partial charge >= 0.3 is 0 Å². The number of hydrogen-bond acceptors (Lipinski definition) is 5. The molecule has 0 spiro atoms. The highest BCUT2D eigenvalue weighted by Gasteiger charge is 2.11. The lowest BCUT2D eigenvalue weighted by atomic mass is 10.2. The highest BCUT2D eigenvalue weighted by molar-refractivity contribution is 6.33. The molecule has 1 aromatic carbocycles. The maximum atomic E-state index is 12.0. The van der Waals surface area contributed by atoms with Crippen LogP contribution in [0.4, 0.5) is 5.69 Å². The lowest BCUT2D eigenvalue weighted by molar-refractivity contribution is -0.117. The van der Waals surface area contributed by atoms with Crippen molar-refractivity contribution in [2.45, 2.75) is 0 Å². The Morgan fingerprint density at radius 3 is 2.83 bits per heavy atom. The molecule has 1 saturated heterocycles. The molecule has 6 nitrogen and oxygen atoms in total. The van der Waals surface area contributed by atoms with E-state index in [9.17, 15) is 4.79 Å². The second kappa shape index (κ2) is 9.16. The Morgan fingerprint density at radius 1 is 1.39 bits per heavy atom. The van der Waals surface area contributed by atoms with E-state index >= 15 is 0 Å². The average Bonchev–Trinajstić information content (AvgIpc) is 2.58. The van der Waals surface area contributed by atoms with Crippen molar-refractivity contribution in [3.05, 3.63) is 41.1 Å². The van der Waals surface area contributed by atoms with E-state index in [1.165, 1.54) is 6.20 Å². The molecule has 1 fully saturated rings. The van der Waals surface area contributed by atoms with Crippen LogP contribution in [-0.2, 0) is 4.79 Å². The van der Waals surface area contributed by atoms with Gasteiger partial charge in [-0.1, -0.05) is 23.7 Å². The van der Waals surface area contributed by atoms with Gasteiger partial charge in [0.1, 0.15) is 11.6 Å². The Bertz CT molecular complexity index is 605. The molecule has 0 saturated carbocycles. The Hall–Kier alpha value is -2.07. The molecule has 0 atom stereocenters. The molecule has 0 aliphatic carbocycles. The fourth-order valence-corrected chi connectivity index (χ4v) is 2.42. The first kappa shape index (κ1) is 17.3. The third kappa shape index (κ3) is 5.57. The van der Waals surface area contributed by atoms with Crippen LogP contribution in [0, 0.1) is 11.3 Å². The number of piperazine rings is 1. The number of nitrogens with zero attached hydrogens (tertiary/aromatic N) is 2. The summed E-state index contributed by atoms with van der Waals surface area (Å²) in [7, 11) is 0. The van der Waals surface area contributed by atoms with Crippen LogP contribution < -0.4 is 16.0 Å². The molecule has 23 heavy (non-hydrogen) atoms. The van der Waals surface area contributed by atoms with Crippen molar-refractivity contribution in [2.75, 3.05) is 44.6 Å². The minimum atomic E-state index is -0.387. The van der Waals surface area contributed by atoms with Crippen molar-refractivity contribution >= 4 is 23.2 Å². The van der Waals surface area contributed by atoms with E-state index in [-0.39, 0.29) is 11.5 Å². The van der Waals surface area contributed by atoms with Gasteiger partial charge in [0.25, 0.3) is 5.91 Å². The van der Waals surface area contributed by atoms with Gasteiger partial charge in [0.05, 0.1) is 10.7 Å². The van der Waals surface area contributed by atoms with Gasteiger partial charge in [0, 0.05) is 45.5 Å². The molecule has 0 aromatic heterocycles. The van der Waals surface area contributed by atoms with E-state index < -0.39 is 0 Å². The molecule has 7 heteroatoms. The van der Waals surface area contributed by atoms with Gasteiger partial charge in [-0.25, -0.2) is 0 Å². The van der Waals surface area contributed by atoms with Crippen molar-refractivity contribution in [2.24, 2.45) is 0 Å². The zero-order valence-electron chi connectivity index (χ0n) is 12.8. The second-order valence-electron chi connectivity index (χ2n) is 5.14. The fraction of sp³-hybridized carbons (Fsp3) is 0.375. The van der Waals surface area contributed by atoms with E-state index in [2.05, 4.69) is 20.9 Å². The summed E-state index contributed by atoms with van der Waals surface area (Å²) in [6.45, 7) is 5.20. The molecule has 122 valence electrons. The lowest BCUT2D eigenvalue weighted by Gasteiger charge is -2.27. The lowest BCUT2D eigenvalue weighted by Crippen LogP contribution is -2.46. The summed E-state index contributed by atoms with van der Waals surface area (Å²) in [6.07, 6.45) is 1.38. The standard InChI is InChI=1S/C16H20ClN5O/c17-14-3-1-2-4-15(14)21-12-13(11-18)16(23)20-7-10-22-8-5-19-6-9-22/h1-4,12,19,21H,5-10H2,(H,20,23)/b13-12-. The van der Waals surface area contributed by atoms with Gasteiger partial charge < -0.3 is 16.0 Å². The molecule has 1 aliphatic heterocycles. The van der Waals surface area contributed by atoms with Crippen LogP contribution in [0.1, 0.15) is 0 Å². The molecule has 0 radical (unpaired) electrons. The number of carbonyl (C=O) groups excluding carboxylic acids is 1. The number of amides is 1. The molecular weight excluding hydrogens is 314 g/mol.